The van der Waals surface area contributed by atoms with E-state index >= 15 is 4.39 Å². The molecule has 4 nitrogen and oxygen atoms in total. The Hall–Kier alpha value is -1.68. The number of nitrogens with one attached hydrogen (secondary N) is 3. The van der Waals surface area contributed by atoms with Crippen molar-refractivity contribution < 1.29 is 21.8 Å². The summed E-state index contributed by atoms with van der Waals surface area (Å²) in [4.78, 5) is 0. The lowest BCUT2D eigenvalue weighted by Gasteiger charge is -2.23. The fourth-order valence-electron chi connectivity index (χ4n) is 3.41. The van der Waals surface area contributed by atoms with Crippen molar-refractivity contribution in [3.63, 3.8) is 0 Å². The Kier molecular flexibility index (Phi) is 7.32. The monoisotopic (exact) mass is 451 g/mol. The van der Waals surface area contributed by atoms with Gasteiger partial charge in [-0.15, -0.1) is 12.4 Å². The van der Waals surface area contributed by atoms with Crippen molar-refractivity contribution in [3.05, 3.63) is 59.4 Å². The molecule has 0 saturated carbocycles. The molecule has 2 aromatic rings. The van der Waals surface area contributed by atoms with Gasteiger partial charge < -0.3 is 5.32 Å². The summed E-state index contributed by atoms with van der Waals surface area (Å²) in [6, 6.07) is 10.9. The van der Waals surface area contributed by atoms with Gasteiger partial charge in [0.2, 0.25) is 9.92 Å². The van der Waals surface area contributed by atoms with Crippen molar-refractivity contribution in [1.82, 2.24) is 10.0 Å². The van der Waals surface area contributed by atoms with E-state index in [1.54, 1.807) is 24.3 Å². The molecule has 29 heavy (non-hydrogen) atoms. The van der Waals surface area contributed by atoms with E-state index in [-0.39, 0.29) is 25.2 Å². The minimum absolute atomic E-state index is 0. The van der Waals surface area contributed by atoms with E-state index in [0.29, 0.717) is 17.7 Å². The molecule has 10 heteroatoms. The van der Waals surface area contributed by atoms with E-state index in [1.165, 1.54) is 0 Å². The Labute approximate surface area is 173 Å². The van der Waals surface area contributed by atoms with Crippen LogP contribution >= 0.6 is 12.4 Å². The highest BCUT2D eigenvalue weighted by Crippen LogP contribution is 2.28. The van der Waals surface area contributed by atoms with Crippen molar-refractivity contribution in [2.24, 2.45) is 0 Å². The standard InChI is InChI=1S/C19H21F4N3OS.ClH/c1-12-4-2-5-13(10-12)15-7-3-6-14(18(15)20)11-17-16(8-9-25-17)26-28(24,27)19(21,22)23;/h2-7,10,16-17,25H,8-9,11H2,1H3,(H2,24,26,27);1H/t16-,17-,28?;/m0./s1. The van der Waals surface area contributed by atoms with Gasteiger partial charge in [0.15, 0.2) is 0 Å². The zero-order valence-corrected chi connectivity index (χ0v) is 17.2. The van der Waals surface area contributed by atoms with Crippen molar-refractivity contribution in [2.45, 2.75) is 37.4 Å². The van der Waals surface area contributed by atoms with Crippen LogP contribution in [-0.4, -0.2) is 28.3 Å². The second-order valence-corrected chi connectivity index (χ2v) is 8.74. The average molecular weight is 452 g/mol. The summed E-state index contributed by atoms with van der Waals surface area (Å²) in [5.74, 6) is -0.428. The van der Waals surface area contributed by atoms with E-state index in [4.69, 9.17) is 4.78 Å². The lowest BCUT2D eigenvalue weighted by atomic mass is 9.96. The fourth-order valence-corrected chi connectivity index (χ4v) is 4.26. The van der Waals surface area contributed by atoms with Crippen LogP contribution < -0.4 is 10.0 Å². The van der Waals surface area contributed by atoms with E-state index in [9.17, 15) is 17.4 Å². The molecule has 0 radical (unpaired) electrons. The van der Waals surface area contributed by atoms with Crippen LogP contribution in [0, 0.1) is 17.5 Å². The summed E-state index contributed by atoms with van der Waals surface area (Å²) in [7, 11) is -4.96. The fraction of sp³-hybridized carbons (Fsp3) is 0.368. The quantitative estimate of drug-likeness (QED) is 0.583. The van der Waals surface area contributed by atoms with Crippen LogP contribution in [0.25, 0.3) is 11.1 Å². The molecular weight excluding hydrogens is 430 g/mol. The predicted molar refractivity (Wildman–Crippen MR) is 108 cm³/mol. The van der Waals surface area contributed by atoms with Crippen molar-refractivity contribution in [3.8, 4) is 11.1 Å². The lowest BCUT2D eigenvalue weighted by Crippen LogP contribution is -2.48. The zero-order valence-electron chi connectivity index (χ0n) is 15.6. The number of benzene rings is 2. The highest BCUT2D eigenvalue weighted by molar-refractivity contribution is 7.91. The molecule has 0 spiro atoms. The normalized spacial score (nSPS) is 21.4. The number of aryl methyl sites for hydroxylation is 1. The topological polar surface area (TPSA) is 65.0 Å². The van der Waals surface area contributed by atoms with Crippen molar-refractivity contribution in [2.75, 3.05) is 6.54 Å². The molecule has 0 bridgehead atoms. The van der Waals surface area contributed by atoms with Crippen LogP contribution in [0.1, 0.15) is 17.5 Å². The van der Waals surface area contributed by atoms with Crippen molar-refractivity contribution in [1.29, 1.82) is 4.78 Å². The third kappa shape index (κ3) is 5.28. The summed E-state index contributed by atoms with van der Waals surface area (Å²) in [6.07, 6.45) is 0.395. The van der Waals surface area contributed by atoms with E-state index in [0.717, 1.165) is 11.1 Å². The lowest BCUT2D eigenvalue weighted by molar-refractivity contribution is -0.0420. The average Bonchev–Trinajstić information content (AvgIpc) is 3.02. The Balaban J connectivity index is 0.00000300. The maximum absolute atomic E-state index is 15.1. The SMILES string of the molecule is Cc1cccc(-c2cccc(C[C@@H]3NCC[C@@H]3NS(=N)(=O)C(F)(F)F)c2F)c1.Cl. The molecule has 1 saturated heterocycles. The molecule has 1 aliphatic rings. The molecule has 0 aliphatic carbocycles. The number of halogens is 5. The summed E-state index contributed by atoms with van der Waals surface area (Å²) >= 11 is 0. The van der Waals surface area contributed by atoms with Gasteiger partial charge in [-0.1, -0.05) is 48.0 Å². The maximum atomic E-state index is 15.1. The summed E-state index contributed by atoms with van der Waals surface area (Å²) in [6.45, 7) is 2.30. The Morgan fingerprint density at radius 2 is 1.93 bits per heavy atom. The van der Waals surface area contributed by atoms with Crippen LogP contribution in [0.3, 0.4) is 0 Å². The van der Waals surface area contributed by atoms with Crippen molar-refractivity contribution >= 4 is 22.3 Å². The number of hydrogen-bond donors (Lipinski definition) is 3. The van der Waals surface area contributed by atoms with E-state index in [1.807, 2.05) is 29.8 Å². The van der Waals surface area contributed by atoms with Gasteiger partial charge in [-0.2, -0.15) is 13.2 Å². The predicted octanol–water partition coefficient (Wildman–Crippen LogP) is 4.57. The summed E-state index contributed by atoms with van der Waals surface area (Å²) in [5, 5.41) is 3.02. The molecule has 1 unspecified atom stereocenters. The molecule has 1 fully saturated rings. The van der Waals surface area contributed by atoms with Gasteiger partial charge in [-0.25, -0.2) is 18.1 Å². The van der Waals surface area contributed by atoms with Gasteiger partial charge in [0.25, 0.3) is 0 Å². The van der Waals surface area contributed by atoms with Gasteiger partial charge in [0.05, 0.1) is 0 Å². The Bertz CT molecular complexity index is 966. The second kappa shape index (κ2) is 8.99. The molecule has 1 heterocycles. The molecule has 2 aromatic carbocycles. The molecular formula is C19H22ClF4N3OS. The maximum Gasteiger partial charge on any atom is 0.492 e. The van der Waals surface area contributed by atoms with Gasteiger partial charge in [0.1, 0.15) is 5.82 Å². The molecule has 3 rings (SSSR count). The van der Waals surface area contributed by atoms with Crippen LogP contribution in [0.4, 0.5) is 17.6 Å². The Morgan fingerprint density at radius 3 is 2.59 bits per heavy atom. The van der Waals surface area contributed by atoms with Crippen LogP contribution in [0.15, 0.2) is 42.5 Å². The first kappa shape index (κ1) is 23.6. The molecule has 1 aliphatic heterocycles. The zero-order chi connectivity index (χ0) is 20.5. The van der Waals surface area contributed by atoms with E-state index in [2.05, 4.69) is 5.32 Å². The Morgan fingerprint density at radius 1 is 1.24 bits per heavy atom. The molecule has 0 aromatic heterocycles. The summed E-state index contributed by atoms with van der Waals surface area (Å²) < 4.78 is 74.1. The summed E-state index contributed by atoms with van der Waals surface area (Å²) in [5.41, 5.74) is -2.67. The van der Waals surface area contributed by atoms with Crippen LogP contribution in [-0.2, 0) is 16.3 Å². The van der Waals surface area contributed by atoms with Crippen LogP contribution in [0.5, 0.6) is 0 Å². The number of hydrogen-bond acceptors (Lipinski definition) is 3. The van der Waals surface area contributed by atoms with Crippen LogP contribution in [0.2, 0.25) is 0 Å². The first-order chi connectivity index (χ1) is 13.1. The van der Waals surface area contributed by atoms with Gasteiger partial charge in [-0.3, -0.25) is 0 Å². The number of alkyl halides is 3. The molecule has 0 amide bonds. The molecule has 3 atom stereocenters. The second-order valence-electron chi connectivity index (χ2n) is 6.93. The first-order valence-electron chi connectivity index (χ1n) is 8.78. The smallest absolute Gasteiger partial charge is 0.312 e. The largest absolute Gasteiger partial charge is 0.492 e. The highest BCUT2D eigenvalue weighted by atomic mass is 35.5. The highest BCUT2D eigenvalue weighted by Gasteiger charge is 2.44. The van der Waals surface area contributed by atoms with Gasteiger partial charge >= 0.3 is 5.51 Å². The molecule has 160 valence electrons. The number of rotatable bonds is 5. The van der Waals surface area contributed by atoms with Gasteiger partial charge in [-0.05, 0) is 37.4 Å². The third-order valence-electron chi connectivity index (χ3n) is 4.84. The minimum Gasteiger partial charge on any atom is -0.312 e. The molecule has 3 N–H and O–H groups in total. The van der Waals surface area contributed by atoms with Gasteiger partial charge in [0, 0.05) is 17.6 Å². The first-order valence-corrected chi connectivity index (χ1v) is 10.3. The minimum atomic E-state index is -5.16. The third-order valence-corrected chi connectivity index (χ3v) is 6.13. The van der Waals surface area contributed by atoms with E-state index < -0.39 is 33.3 Å².